The van der Waals surface area contributed by atoms with Gasteiger partial charge >= 0.3 is 5.97 Å². The van der Waals surface area contributed by atoms with Gasteiger partial charge in [0.05, 0.1) is 12.1 Å². The number of ether oxygens (including phenoxy) is 1. The summed E-state index contributed by atoms with van der Waals surface area (Å²) in [5.74, 6) is 0.417. The van der Waals surface area contributed by atoms with Gasteiger partial charge in [-0.15, -0.1) is 0 Å². The first kappa shape index (κ1) is 20.5. The minimum atomic E-state index is -0.890. The topological polar surface area (TPSA) is 101 Å². The van der Waals surface area contributed by atoms with Gasteiger partial charge in [0.2, 0.25) is 0 Å². The maximum absolute atomic E-state index is 11.9. The third-order valence-electron chi connectivity index (χ3n) is 3.79. The van der Waals surface area contributed by atoms with E-state index < -0.39 is 11.9 Å². The first-order chi connectivity index (χ1) is 12.8. The molecule has 0 spiro atoms. The zero-order valence-electron chi connectivity index (χ0n) is 15.3. The second kappa shape index (κ2) is 9.23. The fourth-order valence-electron chi connectivity index (χ4n) is 2.35. The molecule has 1 heterocycles. The molecule has 1 aromatic carbocycles. The van der Waals surface area contributed by atoms with Crippen LogP contribution in [0.15, 0.2) is 33.8 Å². The maximum Gasteiger partial charge on any atom is 0.303 e. The highest BCUT2D eigenvalue weighted by Gasteiger charge is 2.12. The number of furan rings is 1. The summed E-state index contributed by atoms with van der Waals surface area (Å²) in [6.45, 7) is 5.14. The lowest BCUT2D eigenvalue weighted by atomic mass is 10.1. The second-order valence-corrected chi connectivity index (χ2v) is 6.42. The number of carboxylic acid groups (broad SMARTS) is 1. The zero-order valence-corrected chi connectivity index (χ0v) is 16.1. The number of hydrogen-bond donors (Lipinski definition) is 2. The molecule has 8 heteroatoms. The maximum atomic E-state index is 11.9. The minimum absolute atomic E-state index is 0.0131. The van der Waals surface area contributed by atoms with Crippen molar-refractivity contribution in [2.45, 2.75) is 33.6 Å². The highest BCUT2D eigenvalue weighted by Crippen LogP contribution is 2.21. The third-order valence-corrected chi connectivity index (χ3v) is 4.22. The number of hydrazone groups is 1. The smallest absolute Gasteiger partial charge is 0.303 e. The Morgan fingerprint density at radius 2 is 2.04 bits per heavy atom. The summed E-state index contributed by atoms with van der Waals surface area (Å²) < 4.78 is 10.9. The normalized spacial score (nSPS) is 11.3. The SMILES string of the molecule is C/C(=N/NC(=O)COc1ccc(Cl)c(C)c1)c1cc(CCC(=O)O)oc1C. The third kappa shape index (κ3) is 6.14. The Morgan fingerprint density at radius 1 is 1.30 bits per heavy atom. The quantitative estimate of drug-likeness (QED) is 0.529. The predicted octanol–water partition coefficient (Wildman–Crippen LogP) is 3.49. The van der Waals surface area contributed by atoms with Crippen molar-refractivity contribution in [3.63, 3.8) is 0 Å². The van der Waals surface area contributed by atoms with E-state index in [1.165, 1.54) is 0 Å². The number of carboxylic acids is 1. The Labute approximate surface area is 162 Å². The molecular weight excluding hydrogens is 372 g/mol. The van der Waals surface area contributed by atoms with Crippen molar-refractivity contribution in [1.29, 1.82) is 0 Å². The van der Waals surface area contributed by atoms with Crippen LogP contribution < -0.4 is 10.2 Å². The highest BCUT2D eigenvalue weighted by molar-refractivity contribution is 6.31. The van der Waals surface area contributed by atoms with Crippen molar-refractivity contribution >= 4 is 29.2 Å². The first-order valence-electron chi connectivity index (χ1n) is 8.30. The Hall–Kier alpha value is -2.80. The Morgan fingerprint density at radius 3 is 2.70 bits per heavy atom. The van der Waals surface area contributed by atoms with Crippen LogP contribution in [0.25, 0.3) is 0 Å². The fraction of sp³-hybridized carbons (Fsp3) is 0.316. The minimum Gasteiger partial charge on any atom is -0.484 e. The molecule has 0 atom stereocenters. The van der Waals surface area contributed by atoms with Crippen LogP contribution in [0.2, 0.25) is 5.02 Å². The summed E-state index contributed by atoms with van der Waals surface area (Å²) in [4.78, 5) is 22.6. The largest absolute Gasteiger partial charge is 0.484 e. The molecular formula is C19H21ClN2O5. The molecule has 0 aliphatic carbocycles. The number of aryl methyl sites for hydroxylation is 3. The van der Waals surface area contributed by atoms with Gasteiger partial charge in [0.1, 0.15) is 17.3 Å². The molecule has 0 aliphatic heterocycles. The Bertz CT molecular complexity index is 873. The van der Waals surface area contributed by atoms with Crippen LogP contribution in [0.3, 0.4) is 0 Å². The van der Waals surface area contributed by atoms with E-state index in [4.69, 9.17) is 25.9 Å². The van der Waals surface area contributed by atoms with Crippen LogP contribution in [0.1, 0.15) is 36.0 Å². The molecule has 0 unspecified atom stereocenters. The van der Waals surface area contributed by atoms with Gasteiger partial charge in [0, 0.05) is 17.0 Å². The molecule has 0 fully saturated rings. The molecule has 2 aromatic rings. The molecule has 0 aliphatic rings. The summed E-state index contributed by atoms with van der Waals surface area (Å²) in [6.07, 6.45) is 0.283. The van der Waals surface area contributed by atoms with E-state index in [2.05, 4.69) is 10.5 Å². The van der Waals surface area contributed by atoms with E-state index in [0.29, 0.717) is 40.0 Å². The second-order valence-electron chi connectivity index (χ2n) is 6.01. The number of benzene rings is 1. The average Bonchev–Trinajstić information content (AvgIpc) is 2.99. The average molecular weight is 393 g/mol. The molecule has 27 heavy (non-hydrogen) atoms. The van der Waals surface area contributed by atoms with Crippen LogP contribution in [-0.4, -0.2) is 29.3 Å². The van der Waals surface area contributed by atoms with Crippen molar-refractivity contribution in [2.75, 3.05) is 6.61 Å². The zero-order chi connectivity index (χ0) is 20.0. The summed E-state index contributed by atoms with van der Waals surface area (Å²) in [6, 6.07) is 6.87. The van der Waals surface area contributed by atoms with E-state index >= 15 is 0 Å². The predicted molar refractivity (Wildman–Crippen MR) is 101 cm³/mol. The number of rotatable bonds is 8. The van der Waals surface area contributed by atoms with Gasteiger partial charge in [-0.25, -0.2) is 5.43 Å². The standard InChI is InChI=1S/C19H21ClN2O5/c1-11-8-14(4-6-17(11)20)26-10-18(23)22-21-12(2)16-9-15(27-13(16)3)5-7-19(24)25/h4,6,8-9H,5,7,10H2,1-3H3,(H,22,23)(H,24,25)/b21-12-. The lowest BCUT2D eigenvalue weighted by Crippen LogP contribution is -2.25. The van der Waals surface area contributed by atoms with Crippen LogP contribution in [-0.2, 0) is 16.0 Å². The van der Waals surface area contributed by atoms with Crippen molar-refractivity contribution < 1.29 is 23.8 Å². The number of nitrogens with one attached hydrogen (secondary N) is 1. The molecule has 0 saturated heterocycles. The van der Waals surface area contributed by atoms with Gasteiger partial charge in [-0.2, -0.15) is 5.10 Å². The Balaban J connectivity index is 1.91. The highest BCUT2D eigenvalue weighted by atomic mass is 35.5. The number of hydrogen-bond acceptors (Lipinski definition) is 5. The number of nitrogens with zero attached hydrogens (tertiary/aromatic N) is 1. The van der Waals surface area contributed by atoms with Crippen LogP contribution >= 0.6 is 11.6 Å². The van der Waals surface area contributed by atoms with Gasteiger partial charge in [-0.3, -0.25) is 9.59 Å². The van der Waals surface area contributed by atoms with E-state index in [-0.39, 0.29) is 13.0 Å². The van der Waals surface area contributed by atoms with Crippen molar-refractivity contribution in [1.82, 2.24) is 5.43 Å². The van der Waals surface area contributed by atoms with Gasteiger partial charge in [0.25, 0.3) is 5.91 Å². The van der Waals surface area contributed by atoms with E-state index in [0.717, 1.165) is 5.56 Å². The van der Waals surface area contributed by atoms with Gasteiger partial charge < -0.3 is 14.3 Å². The summed E-state index contributed by atoms with van der Waals surface area (Å²) in [7, 11) is 0. The van der Waals surface area contributed by atoms with Gasteiger partial charge in [-0.1, -0.05) is 11.6 Å². The van der Waals surface area contributed by atoms with Gasteiger partial charge in [-0.05, 0) is 50.6 Å². The molecule has 2 N–H and O–H groups in total. The molecule has 0 bridgehead atoms. The lowest BCUT2D eigenvalue weighted by Gasteiger charge is -2.07. The molecule has 7 nitrogen and oxygen atoms in total. The van der Waals surface area contributed by atoms with Crippen molar-refractivity contribution in [2.24, 2.45) is 5.10 Å². The number of carbonyl (C=O) groups is 2. The van der Waals surface area contributed by atoms with Crippen molar-refractivity contribution in [3.05, 3.63) is 51.9 Å². The molecule has 144 valence electrons. The number of aliphatic carboxylic acids is 1. The summed E-state index contributed by atoms with van der Waals surface area (Å²) >= 11 is 5.95. The van der Waals surface area contributed by atoms with Gasteiger partial charge in [0.15, 0.2) is 6.61 Å². The molecule has 1 amide bonds. The van der Waals surface area contributed by atoms with Crippen LogP contribution in [0, 0.1) is 13.8 Å². The summed E-state index contributed by atoms with van der Waals surface area (Å²) in [5.41, 5.74) is 4.55. The van der Waals surface area contributed by atoms with Crippen LogP contribution in [0.4, 0.5) is 0 Å². The lowest BCUT2D eigenvalue weighted by molar-refractivity contribution is -0.137. The van der Waals surface area contributed by atoms with E-state index in [9.17, 15) is 9.59 Å². The van der Waals surface area contributed by atoms with E-state index in [1.807, 2.05) is 6.92 Å². The van der Waals surface area contributed by atoms with Crippen LogP contribution in [0.5, 0.6) is 5.75 Å². The molecule has 0 radical (unpaired) electrons. The Kier molecular flexibility index (Phi) is 7.01. The van der Waals surface area contributed by atoms with E-state index in [1.54, 1.807) is 38.1 Å². The molecule has 0 saturated carbocycles. The summed E-state index contributed by atoms with van der Waals surface area (Å²) in [5, 5.41) is 13.4. The number of carbonyl (C=O) groups excluding carboxylic acids is 1. The monoisotopic (exact) mass is 392 g/mol. The number of amides is 1. The first-order valence-corrected chi connectivity index (χ1v) is 8.67. The molecule has 1 aromatic heterocycles. The molecule has 2 rings (SSSR count). The number of halogens is 1. The fourth-order valence-corrected chi connectivity index (χ4v) is 2.47. The van der Waals surface area contributed by atoms with Crippen molar-refractivity contribution in [3.8, 4) is 5.75 Å².